The molecular weight excluding hydrogens is 551 g/mol. The minimum Gasteiger partial charge on any atom is -0.488 e. The second-order valence-electron chi connectivity index (χ2n) is 10.3. The van der Waals surface area contributed by atoms with Crippen LogP contribution in [0.2, 0.25) is 10.0 Å². The van der Waals surface area contributed by atoms with Crippen molar-refractivity contribution in [2.75, 3.05) is 32.1 Å². The maximum Gasteiger partial charge on any atom is 0.255 e. The molecule has 8 nitrogen and oxygen atoms in total. The van der Waals surface area contributed by atoms with Crippen molar-refractivity contribution in [3.63, 3.8) is 0 Å². The average Bonchev–Trinajstić information content (AvgIpc) is 2.98. The molecule has 0 bridgehead atoms. The highest BCUT2D eigenvalue weighted by Gasteiger charge is 2.31. The van der Waals surface area contributed by atoms with Crippen LogP contribution in [0.5, 0.6) is 5.75 Å². The van der Waals surface area contributed by atoms with Crippen LogP contribution in [-0.4, -0.2) is 70.6 Å². The molecule has 212 valence electrons. The number of likely N-dealkylation sites (N-methyl/N-ethyl adjacent to an activating group) is 1. The summed E-state index contributed by atoms with van der Waals surface area (Å²) in [6.07, 6.45) is 2.94. The number of carbonyl (C=O) groups is 2. The van der Waals surface area contributed by atoms with Crippen LogP contribution in [0, 0.1) is 5.92 Å². The zero-order chi connectivity index (χ0) is 28.8. The molecule has 40 heavy (non-hydrogen) atoms. The molecule has 2 amide bonds. The van der Waals surface area contributed by atoms with Gasteiger partial charge in [0.25, 0.3) is 5.91 Å². The number of hydrogen-bond donors (Lipinski definition) is 2. The molecule has 0 aliphatic carbocycles. The smallest absolute Gasteiger partial charge is 0.255 e. The normalized spacial score (nSPS) is 18.3. The number of nitrogens with zero attached hydrogens (tertiary/aromatic N) is 3. The van der Waals surface area contributed by atoms with Crippen molar-refractivity contribution >= 4 is 40.7 Å². The Morgan fingerprint density at radius 2 is 1.93 bits per heavy atom. The van der Waals surface area contributed by atoms with E-state index in [0.29, 0.717) is 52.2 Å². The molecule has 0 saturated heterocycles. The van der Waals surface area contributed by atoms with E-state index in [2.05, 4.69) is 22.1 Å². The molecule has 10 heteroatoms. The van der Waals surface area contributed by atoms with Crippen molar-refractivity contribution in [1.82, 2.24) is 14.8 Å². The molecule has 0 unspecified atom stereocenters. The Balaban J connectivity index is 1.59. The van der Waals surface area contributed by atoms with E-state index in [1.165, 1.54) is 0 Å². The fourth-order valence-corrected chi connectivity index (χ4v) is 5.07. The monoisotopic (exact) mass is 584 g/mol. The number of nitrogens with one attached hydrogen (secondary N) is 1. The number of amides is 2. The molecule has 2 N–H and O–H groups in total. The first kappa shape index (κ1) is 29.8. The number of anilines is 1. The van der Waals surface area contributed by atoms with Crippen molar-refractivity contribution in [2.45, 2.75) is 39.0 Å². The van der Waals surface area contributed by atoms with Gasteiger partial charge in [0.2, 0.25) is 5.91 Å². The standard InChI is InChI=1S/C30H34Cl2N4O4/c1-19-15-36(20(2)18-37)29(38)14-23-13-24(34-30(39)22-8-10-33-11-9-22)5-7-27(23)40-28(19)17-35(3)16-21-4-6-25(31)26(32)12-21/h4-13,19-20,28,37H,14-18H2,1-3H3,(H,34,39)/t19-,20-,28-/m0/s1. The third kappa shape index (κ3) is 7.52. The highest BCUT2D eigenvalue weighted by molar-refractivity contribution is 6.42. The third-order valence-electron chi connectivity index (χ3n) is 7.04. The minimum absolute atomic E-state index is 0.0359. The molecule has 1 aliphatic heterocycles. The molecule has 0 spiro atoms. The second kappa shape index (κ2) is 13.5. The van der Waals surface area contributed by atoms with Gasteiger partial charge in [-0.05, 0) is 62.0 Å². The first-order valence-electron chi connectivity index (χ1n) is 13.2. The van der Waals surface area contributed by atoms with E-state index in [-0.39, 0.29) is 42.9 Å². The van der Waals surface area contributed by atoms with E-state index in [1.807, 2.05) is 26.1 Å². The Labute approximate surface area is 244 Å². The number of fused-ring (bicyclic) bond motifs is 1. The van der Waals surface area contributed by atoms with Gasteiger partial charge in [-0.3, -0.25) is 19.5 Å². The van der Waals surface area contributed by atoms with Gasteiger partial charge in [0, 0.05) is 54.8 Å². The molecule has 0 fully saturated rings. The summed E-state index contributed by atoms with van der Waals surface area (Å²) in [4.78, 5) is 34.0. The van der Waals surface area contributed by atoms with Gasteiger partial charge in [-0.1, -0.05) is 36.2 Å². The number of aliphatic hydroxyl groups excluding tert-OH is 1. The lowest BCUT2D eigenvalue weighted by Crippen LogP contribution is -2.47. The Morgan fingerprint density at radius 3 is 2.62 bits per heavy atom. The molecule has 3 aromatic rings. The molecular formula is C30H34Cl2N4O4. The van der Waals surface area contributed by atoms with Gasteiger partial charge in [-0.2, -0.15) is 0 Å². The largest absolute Gasteiger partial charge is 0.488 e. The quantitative estimate of drug-likeness (QED) is 0.390. The summed E-state index contributed by atoms with van der Waals surface area (Å²) in [5.74, 6) is 0.170. The van der Waals surface area contributed by atoms with Gasteiger partial charge < -0.3 is 20.1 Å². The molecule has 4 rings (SSSR count). The maximum absolute atomic E-state index is 13.4. The first-order chi connectivity index (χ1) is 19.1. The van der Waals surface area contributed by atoms with Crippen molar-refractivity contribution in [2.24, 2.45) is 5.92 Å². The number of hydrogen-bond acceptors (Lipinski definition) is 6. The van der Waals surface area contributed by atoms with Crippen LogP contribution in [0.4, 0.5) is 5.69 Å². The van der Waals surface area contributed by atoms with Gasteiger partial charge >= 0.3 is 0 Å². The first-order valence-corrected chi connectivity index (χ1v) is 13.9. The molecule has 2 heterocycles. The van der Waals surface area contributed by atoms with Crippen molar-refractivity contribution in [3.05, 3.63) is 87.7 Å². The lowest BCUT2D eigenvalue weighted by molar-refractivity contribution is -0.134. The van der Waals surface area contributed by atoms with Crippen LogP contribution >= 0.6 is 23.2 Å². The SMILES string of the molecule is C[C@H]1CN([C@@H](C)CO)C(=O)Cc2cc(NC(=O)c3ccncc3)ccc2O[C@H]1CN(C)Cc1ccc(Cl)c(Cl)c1. The number of aromatic nitrogens is 1. The van der Waals surface area contributed by atoms with E-state index in [4.69, 9.17) is 27.9 Å². The van der Waals surface area contributed by atoms with E-state index >= 15 is 0 Å². The fourth-order valence-electron chi connectivity index (χ4n) is 4.75. The predicted octanol–water partition coefficient (Wildman–Crippen LogP) is 4.92. The molecule has 1 aromatic heterocycles. The topological polar surface area (TPSA) is 95.0 Å². The summed E-state index contributed by atoms with van der Waals surface area (Å²) < 4.78 is 6.58. The predicted molar refractivity (Wildman–Crippen MR) is 157 cm³/mol. The molecule has 2 aromatic carbocycles. The number of rotatable bonds is 8. The summed E-state index contributed by atoms with van der Waals surface area (Å²) in [5.41, 5.74) is 2.72. The van der Waals surface area contributed by atoms with Crippen LogP contribution in [0.1, 0.15) is 35.3 Å². The zero-order valence-electron chi connectivity index (χ0n) is 22.8. The lowest BCUT2D eigenvalue weighted by Gasteiger charge is -2.34. The van der Waals surface area contributed by atoms with Crippen molar-refractivity contribution < 1.29 is 19.4 Å². The van der Waals surface area contributed by atoms with E-state index in [1.54, 1.807) is 53.7 Å². The fraction of sp³-hybridized carbons (Fsp3) is 0.367. The number of pyridine rings is 1. The van der Waals surface area contributed by atoms with Gasteiger partial charge in [0.05, 0.1) is 29.1 Å². The summed E-state index contributed by atoms with van der Waals surface area (Å²) >= 11 is 12.3. The summed E-state index contributed by atoms with van der Waals surface area (Å²) in [5, 5.41) is 13.8. The summed E-state index contributed by atoms with van der Waals surface area (Å²) in [7, 11) is 2.00. The number of benzene rings is 2. The van der Waals surface area contributed by atoms with Crippen LogP contribution < -0.4 is 10.1 Å². The number of carbonyl (C=O) groups excluding carboxylic acids is 2. The highest BCUT2D eigenvalue weighted by atomic mass is 35.5. The molecule has 0 saturated carbocycles. The van der Waals surface area contributed by atoms with E-state index < -0.39 is 0 Å². The summed E-state index contributed by atoms with van der Waals surface area (Å²) in [6, 6.07) is 13.9. The second-order valence-corrected chi connectivity index (χ2v) is 11.2. The van der Waals surface area contributed by atoms with Gasteiger partial charge in [0.15, 0.2) is 0 Å². The van der Waals surface area contributed by atoms with E-state index in [0.717, 1.165) is 5.56 Å². The Bertz CT molecular complexity index is 1340. The zero-order valence-corrected chi connectivity index (χ0v) is 24.3. The molecule has 1 aliphatic rings. The Kier molecular flexibility index (Phi) is 10.0. The number of ether oxygens (including phenoxy) is 1. The van der Waals surface area contributed by atoms with Crippen LogP contribution in [-0.2, 0) is 17.8 Å². The van der Waals surface area contributed by atoms with Crippen LogP contribution in [0.15, 0.2) is 60.9 Å². The van der Waals surface area contributed by atoms with Crippen LogP contribution in [0.25, 0.3) is 0 Å². The average molecular weight is 586 g/mol. The van der Waals surface area contributed by atoms with Crippen molar-refractivity contribution in [3.8, 4) is 5.75 Å². The highest BCUT2D eigenvalue weighted by Crippen LogP contribution is 2.30. The Morgan fingerprint density at radius 1 is 1.18 bits per heavy atom. The molecule has 0 radical (unpaired) electrons. The number of halogens is 2. The summed E-state index contributed by atoms with van der Waals surface area (Å²) in [6.45, 7) is 5.39. The van der Waals surface area contributed by atoms with E-state index in [9.17, 15) is 14.7 Å². The minimum atomic E-state index is -0.347. The van der Waals surface area contributed by atoms with Crippen LogP contribution in [0.3, 0.4) is 0 Å². The van der Waals surface area contributed by atoms with Gasteiger partial charge in [-0.15, -0.1) is 0 Å². The third-order valence-corrected chi connectivity index (χ3v) is 7.78. The van der Waals surface area contributed by atoms with Crippen molar-refractivity contribution in [1.29, 1.82) is 0 Å². The Hall–Kier alpha value is -3.17. The van der Waals surface area contributed by atoms with Gasteiger partial charge in [-0.25, -0.2) is 0 Å². The maximum atomic E-state index is 13.4. The van der Waals surface area contributed by atoms with Gasteiger partial charge in [0.1, 0.15) is 11.9 Å². The molecule has 3 atom stereocenters. The lowest BCUT2D eigenvalue weighted by atomic mass is 10.0. The number of aliphatic hydroxyl groups is 1.